The average molecular weight is 997 g/mol. The fourth-order valence-corrected chi connectivity index (χ4v) is 8.33. The number of ether oxygens (including phenoxy) is 4. The van der Waals surface area contributed by atoms with Gasteiger partial charge < -0.3 is 54.4 Å². The van der Waals surface area contributed by atoms with Crippen molar-refractivity contribution in [3.8, 4) is 28.7 Å². The summed E-state index contributed by atoms with van der Waals surface area (Å²) in [5.74, 6) is 1.92. The molecule has 1 fully saturated rings. The molecule has 5 N–H and O–H groups in total. The molecule has 1 aliphatic heterocycles. The van der Waals surface area contributed by atoms with Gasteiger partial charge in [-0.3, -0.25) is 0 Å². The zero-order valence-electron chi connectivity index (χ0n) is 35.3. The van der Waals surface area contributed by atoms with Crippen LogP contribution in [0.4, 0.5) is 31.7 Å². The van der Waals surface area contributed by atoms with E-state index in [-0.39, 0.29) is 46.8 Å². The smallest absolute Gasteiger partial charge is 0.310 e. The fraction of sp³-hybridized carbons (Fsp3) is 0.295. The number of rotatable bonds is 17. The number of imidazole rings is 1. The first-order chi connectivity index (χ1) is 31.4. The molecule has 7 aromatic rings. The Morgan fingerprint density at radius 3 is 2.37 bits per heavy atom. The molecule has 1 aliphatic rings. The van der Waals surface area contributed by atoms with Gasteiger partial charge in [0.05, 0.1) is 48.1 Å². The molecule has 2 atom stereocenters. The highest BCUT2D eigenvalue weighted by Gasteiger charge is 2.23. The Hall–Kier alpha value is -5.77. The molecule has 4 heterocycles. The molecule has 0 aliphatic carbocycles. The van der Waals surface area contributed by atoms with Gasteiger partial charge in [0.1, 0.15) is 48.2 Å². The Morgan fingerprint density at radius 2 is 1.65 bits per heavy atom. The topological polar surface area (TPSA) is 194 Å². The standard InChI is InChI=1S/C22H21BrFN5O3S.C22H24ClFN4O4/c1-29-6-5-25-22(29)33-11-14(30)10-32-20-9-18-15(8-19(20)31-2)21(27-12-26-18)28-17-4-3-13(23)7-16(17)24;1-31-20-17(32-12-15(30)11-28-7-2-3-8-28)10-16-18(21(23)27-22(24)26-16)19(20)25-13-5-4-6-14(29)9-13/h3-9,12,14,30H,10-11H2,1-2H3,(H,26,27,28);4-6,9-10,15,25,29-30H,2-3,7-8,11-12H2,1H3. The molecule has 8 rings (SSSR count). The number of likely N-dealkylation sites (tertiary alicyclic amines) is 1. The van der Waals surface area contributed by atoms with Crippen molar-refractivity contribution >= 4 is 84.0 Å². The molecule has 0 saturated carbocycles. The van der Waals surface area contributed by atoms with E-state index in [1.54, 1.807) is 42.6 Å². The van der Waals surface area contributed by atoms with E-state index >= 15 is 0 Å². The highest BCUT2D eigenvalue weighted by atomic mass is 79.9. The van der Waals surface area contributed by atoms with Crippen LogP contribution in [-0.2, 0) is 7.05 Å². The number of aliphatic hydroxyl groups is 2. The number of phenolic OH excluding ortho intramolecular Hbond substituents is 1. The highest BCUT2D eigenvalue weighted by Crippen LogP contribution is 2.45. The number of aryl methyl sites for hydroxylation is 1. The monoisotopic (exact) mass is 995 g/mol. The van der Waals surface area contributed by atoms with E-state index in [0.717, 1.165) is 31.1 Å². The Bertz CT molecular complexity index is 2760. The number of nitrogens with one attached hydrogen (secondary N) is 2. The van der Waals surface area contributed by atoms with Crippen molar-refractivity contribution in [1.29, 1.82) is 0 Å². The van der Waals surface area contributed by atoms with Crippen LogP contribution in [0.2, 0.25) is 5.15 Å². The van der Waals surface area contributed by atoms with Gasteiger partial charge in [0.25, 0.3) is 0 Å². The highest BCUT2D eigenvalue weighted by molar-refractivity contribution is 9.10. The van der Waals surface area contributed by atoms with Gasteiger partial charge in [-0.05, 0) is 62.3 Å². The summed E-state index contributed by atoms with van der Waals surface area (Å²) in [6.45, 7) is 2.52. The predicted molar refractivity (Wildman–Crippen MR) is 249 cm³/mol. The lowest BCUT2D eigenvalue weighted by atomic mass is 10.1. The number of thioether (sulfide) groups is 1. The van der Waals surface area contributed by atoms with Gasteiger partial charge >= 0.3 is 6.08 Å². The summed E-state index contributed by atoms with van der Waals surface area (Å²) in [5.41, 5.74) is 1.96. The summed E-state index contributed by atoms with van der Waals surface area (Å²) in [6, 6.07) is 16.1. The molecular weight excluding hydrogens is 952 g/mol. The lowest BCUT2D eigenvalue weighted by Gasteiger charge is -2.22. The van der Waals surface area contributed by atoms with Crippen molar-refractivity contribution in [3.05, 3.63) is 101 Å². The number of methoxy groups -OCH3 is 2. The minimum atomic E-state index is -0.976. The van der Waals surface area contributed by atoms with Gasteiger partial charge in [0.2, 0.25) is 0 Å². The fourth-order valence-electron chi connectivity index (χ4n) is 6.89. The SMILES string of the molecule is COc1c(OCC(O)CN2CCCC2)cc2nc(F)nc(Cl)c2c1Nc1cccc(O)c1.COc1cc2c(Nc3ccc(Br)cc3F)ncnc2cc1OCC(O)CSc1nccn1C. The molecular formula is C44H45BrClF2N9O7S. The van der Waals surface area contributed by atoms with Crippen molar-refractivity contribution in [2.45, 2.75) is 30.2 Å². The maximum Gasteiger partial charge on any atom is 0.310 e. The maximum absolute atomic E-state index is 14.3. The number of nitrogens with zero attached hydrogens (tertiary/aromatic N) is 7. The third kappa shape index (κ3) is 12.1. The number of benzene rings is 4. The Labute approximate surface area is 390 Å². The number of anilines is 4. The molecule has 4 aromatic carbocycles. The lowest BCUT2D eigenvalue weighted by Crippen LogP contribution is -2.33. The predicted octanol–water partition coefficient (Wildman–Crippen LogP) is 8.26. The van der Waals surface area contributed by atoms with E-state index in [0.29, 0.717) is 61.8 Å². The number of aromatic nitrogens is 6. The van der Waals surface area contributed by atoms with E-state index in [1.807, 2.05) is 17.8 Å². The number of fused-ring (bicyclic) bond motifs is 2. The third-order valence-corrected chi connectivity index (χ3v) is 11.9. The molecule has 0 amide bonds. The van der Waals surface area contributed by atoms with E-state index < -0.39 is 24.1 Å². The lowest BCUT2D eigenvalue weighted by molar-refractivity contribution is 0.0748. The van der Waals surface area contributed by atoms with Crippen LogP contribution in [0.1, 0.15) is 12.8 Å². The van der Waals surface area contributed by atoms with Crippen LogP contribution in [0.3, 0.4) is 0 Å². The van der Waals surface area contributed by atoms with Crippen LogP contribution in [0.15, 0.2) is 89.0 Å². The number of halogens is 4. The Morgan fingerprint density at radius 1 is 0.877 bits per heavy atom. The van der Waals surface area contributed by atoms with E-state index in [1.165, 1.54) is 56.6 Å². The van der Waals surface area contributed by atoms with Gasteiger partial charge in [0, 0.05) is 65.5 Å². The summed E-state index contributed by atoms with van der Waals surface area (Å²) in [6.07, 6.45) is 4.80. The van der Waals surface area contributed by atoms with Crippen LogP contribution in [0, 0.1) is 11.9 Å². The third-order valence-electron chi connectivity index (χ3n) is 9.97. The largest absolute Gasteiger partial charge is 0.508 e. The zero-order valence-corrected chi connectivity index (χ0v) is 38.5. The number of hydrogen-bond donors (Lipinski definition) is 5. The van der Waals surface area contributed by atoms with E-state index in [4.69, 9.17) is 30.5 Å². The molecule has 16 nitrogen and oxygen atoms in total. The van der Waals surface area contributed by atoms with Crippen LogP contribution < -0.4 is 29.6 Å². The molecule has 1 saturated heterocycles. The van der Waals surface area contributed by atoms with E-state index in [2.05, 4.69) is 56.4 Å². The van der Waals surface area contributed by atoms with Gasteiger partial charge in [-0.1, -0.05) is 45.4 Å². The summed E-state index contributed by atoms with van der Waals surface area (Å²) < 4.78 is 53.5. The van der Waals surface area contributed by atoms with Gasteiger partial charge in [-0.2, -0.15) is 9.37 Å². The van der Waals surface area contributed by atoms with Crippen molar-refractivity contribution < 1.29 is 43.0 Å². The normalized spacial score (nSPS) is 13.6. The van der Waals surface area contributed by atoms with Crippen LogP contribution in [0.25, 0.3) is 21.8 Å². The molecule has 3 aromatic heterocycles. The first-order valence-corrected chi connectivity index (χ1v) is 22.3. The summed E-state index contributed by atoms with van der Waals surface area (Å²) >= 11 is 10.9. The van der Waals surface area contributed by atoms with Crippen LogP contribution in [0.5, 0.6) is 28.7 Å². The Kier molecular flexibility index (Phi) is 15.9. The van der Waals surface area contributed by atoms with Crippen molar-refractivity contribution in [1.82, 2.24) is 34.4 Å². The number of hydrogen-bond acceptors (Lipinski definition) is 16. The molecule has 342 valence electrons. The van der Waals surface area contributed by atoms with Gasteiger partial charge in [0.15, 0.2) is 28.2 Å². The second-order valence-electron chi connectivity index (χ2n) is 14.7. The number of β-amino-alcohol motifs (C(OH)–C–C–N with tert-alkyl or cyclic N) is 1. The van der Waals surface area contributed by atoms with Gasteiger partial charge in [-0.25, -0.2) is 24.3 Å². The number of aromatic hydroxyl groups is 1. The minimum Gasteiger partial charge on any atom is -0.508 e. The summed E-state index contributed by atoms with van der Waals surface area (Å²) in [7, 11) is 4.88. The first-order valence-electron chi connectivity index (χ1n) is 20.2. The second kappa shape index (κ2) is 21.9. The molecule has 65 heavy (non-hydrogen) atoms. The molecule has 21 heteroatoms. The van der Waals surface area contributed by atoms with Crippen molar-refractivity contribution in [2.75, 3.05) is 63.5 Å². The second-order valence-corrected chi connectivity index (χ2v) is 17.0. The summed E-state index contributed by atoms with van der Waals surface area (Å²) in [5, 5.41) is 38.4. The zero-order chi connectivity index (χ0) is 46.0. The van der Waals surface area contributed by atoms with Gasteiger partial charge in [-0.15, -0.1) is 0 Å². The average Bonchev–Trinajstić information content (AvgIpc) is 3.96. The molecule has 0 radical (unpaired) electrons. The molecule has 2 unspecified atom stereocenters. The van der Waals surface area contributed by atoms with Crippen molar-refractivity contribution in [2.24, 2.45) is 7.05 Å². The number of phenols is 1. The number of aliphatic hydroxyl groups excluding tert-OH is 2. The maximum atomic E-state index is 14.3. The summed E-state index contributed by atoms with van der Waals surface area (Å²) in [4.78, 5) is 22.4. The first kappa shape index (κ1) is 47.2. The molecule has 0 spiro atoms. The van der Waals surface area contributed by atoms with Crippen LogP contribution in [-0.4, -0.2) is 115 Å². The molecule has 0 bridgehead atoms. The van der Waals surface area contributed by atoms with E-state index in [9.17, 15) is 24.1 Å². The minimum absolute atomic E-state index is 0.0191. The van der Waals surface area contributed by atoms with Crippen molar-refractivity contribution in [3.63, 3.8) is 0 Å². The quantitative estimate of drug-likeness (QED) is 0.0332. The van der Waals surface area contributed by atoms with Crippen LogP contribution >= 0.6 is 39.3 Å². The Balaban J connectivity index is 0.000000194.